The monoisotopic (exact) mass is 247 g/mol. The highest BCUT2D eigenvalue weighted by Crippen LogP contribution is 2.38. The minimum atomic E-state index is -0.0631. The van der Waals surface area contributed by atoms with Gasteiger partial charge in [0.15, 0.2) is 0 Å². The lowest BCUT2D eigenvalue weighted by Gasteiger charge is -2.23. The van der Waals surface area contributed by atoms with Gasteiger partial charge in [0, 0.05) is 16.2 Å². The first-order valence-electron chi connectivity index (χ1n) is 6.77. The molecule has 0 spiro atoms. The molecule has 92 valence electrons. The third-order valence-electron chi connectivity index (χ3n) is 3.88. The van der Waals surface area contributed by atoms with Crippen molar-refractivity contribution in [3.05, 3.63) is 21.9 Å². The molecule has 1 fully saturated rings. The molecule has 0 aromatic carbocycles. The Morgan fingerprint density at radius 1 is 1.18 bits per heavy atom. The quantitative estimate of drug-likeness (QED) is 0.709. The lowest BCUT2D eigenvalue weighted by atomic mass is 9.78. The van der Waals surface area contributed by atoms with Crippen LogP contribution in [0.1, 0.15) is 55.2 Å². The first-order valence-corrected chi connectivity index (χ1v) is 7.58. The fourth-order valence-electron chi connectivity index (χ4n) is 2.77. The van der Waals surface area contributed by atoms with E-state index in [1.807, 2.05) is 11.3 Å². The molecule has 0 N–H and O–H groups in total. The Labute approximate surface area is 108 Å². The van der Waals surface area contributed by atoms with Gasteiger partial charge < -0.3 is 0 Å². The number of hydrogen-bond acceptors (Lipinski definition) is 2. The Morgan fingerprint density at radius 2 is 1.82 bits per heavy atom. The molecule has 1 aromatic rings. The molecule has 17 heavy (non-hydrogen) atoms. The zero-order valence-electron chi connectivity index (χ0n) is 10.7. The molecule has 1 heterocycles. The number of nitrogens with zero attached hydrogens (tertiary/aromatic N) is 1. The van der Waals surface area contributed by atoms with E-state index >= 15 is 0 Å². The Balaban J connectivity index is 2.10. The second-order valence-electron chi connectivity index (χ2n) is 5.20. The molecular weight excluding hydrogens is 226 g/mol. The SMILES string of the molecule is CCc1ccc(CC2(C#N)CCCCCC2)s1. The molecule has 0 radical (unpaired) electrons. The van der Waals surface area contributed by atoms with Crippen LogP contribution in [0.2, 0.25) is 0 Å². The summed E-state index contributed by atoms with van der Waals surface area (Å²) >= 11 is 1.90. The summed E-state index contributed by atoms with van der Waals surface area (Å²) in [6.07, 6.45) is 9.39. The van der Waals surface area contributed by atoms with Gasteiger partial charge in [-0.1, -0.05) is 32.6 Å². The van der Waals surface area contributed by atoms with Gasteiger partial charge in [-0.3, -0.25) is 0 Å². The van der Waals surface area contributed by atoms with Crippen molar-refractivity contribution in [3.63, 3.8) is 0 Å². The first kappa shape index (κ1) is 12.6. The van der Waals surface area contributed by atoms with Crippen LogP contribution in [0.5, 0.6) is 0 Å². The highest BCUT2D eigenvalue weighted by atomic mass is 32.1. The normalized spacial score (nSPS) is 19.5. The largest absolute Gasteiger partial charge is 0.198 e. The smallest absolute Gasteiger partial charge is 0.0693 e. The van der Waals surface area contributed by atoms with E-state index in [9.17, 15) is 5.26 Å². The molecule has 1 saturated carbocycles. The minimum Gasteiger partial charge on any atom is -0.198 e. The molecule has 0 saturated heterocycles. The standard InChI is InChI=1S/C15H21NS/c1-2-13-7-8-14(17-13)11-15(12-16)9-5-3-4-6-10-15/h7-8H,2-6,9-11H2,1H3. The van der Waals surface area contributed by atoms with Gasteiger partial charge in [0.1, 0.15) is 0 Å². The van der Waals surface area contributed by atoms with Gasteiger partial charge in [0.05, 0.1) is 11.5 Å². The van der Waals surface area contributed by atoms with Gasteiger partial charge in [0.25, 0.3) is 0 Å². The zero-order chi connectivity index (χ0) is 12.1. The summed E-state index contributed by atoms with van der Waals surface area (Å²) in [6, 6.07) is 7.09. The number of rotatable bonds is 3. The molecule has 0 bridgehead atoms. The zero-order valence-corrected chi connectivity index (χ0v) is 11.5. The average molecular weight is 247 g/mol. The molecule has 1 aliphatic rings. The van der Waals surface area contributed by atoms with Gasteiger partial charge in [-0.15, -0.1) is 11.3 Å². The maximum Gasteiger partial charge on any atom is 0.0693 e. The van der Waals surface area contributed by atoms with Crippen LogP contribution in [0, 0.1) is 16.7 Å². The Hall–Kier alpha value is -0.810. The summed E-state index contributed by atoms with van der Waals surface area (Å²) in [5, 5.41) is 9.55. The van der Waals surface area contributed by atoms with E-state index in [0.717, 1.165) is 25.7 Å². The summed E-state index contributed by atoms with van der Waals surface area (Å²) in [5.74, 6) is 0. The van der Waals surface area contributed by atoms with E-state index in [2.05, 4.69) is 25.1 Å². The van der Waals surface area contributed by atoms with Crippen molar-refractivity contribution in [1.29, 1.82) is 5.26 Å². The van der Waals surface area contributed by atoms with Crippen LogP contribution in [0.3, 0.4) is 0 Å². The van der Waals surface area contributed by atoms with Crippen molar-refractivity contribution in [2.75, 3.05) is 0 Å². The second kappa shape index (κ2) is 5.69. The van der Waals surface area contributed by atoms with Crippen molar-refractivity contribution >= 4 is 11.3 Å². The molecule has 0 amide bonds. The number of nitriles is 1. The number of hydrogen-bond donors (Lipinski definition) is 0. The molecular formula is C15H21NS. The van der Waals surface area contributed by atoms with Gasteiger partial charge in [-0.25, -0.2) is 0 Å². The molecule has 2 heteroatoms. The van der Waals surface area contributed by atoms with Crippen LogP contribution in [-0.2, 0) is 12.8 Å². The van der Waals surface area contributed by atoms with Crippen LogP contribution in [0.25, 0.3) is 0 Å². The molecule has 1 nitrogen and oxygen atoms in total. The summed E-state index contributed by atoms with van der Waals surface area (Å²) in [5.41, 5.74) is -0.0631. The number of thiophene rings is 1. The van der Waals surface area contributed by atoms with Crippen LogP contribution < -0.4 is 0 Å². The molecule has 0 aliphatic heterocycles. The average Bonchev–Trinajstić information content (AvgIpc) is 2.67. The maximum absolute atomic E-state index is 9.55. The van der Waals surface area contributed by atoms with Crippen LogP contribution in [0.15, 0.2) is 12.1 Å². The summed E-state index contributed by atoms with van der Waals surface area (Å²) < 4.78 is 0. The van der Waals surface area contributed by atoms with E-state index < -0.39 is 0 Å². The lowest BCUT2D eigenvalue weighted by Crippen LogP contribution is -2.20. The van der Waals surface area contributed by atoms with Crippen molar-refractivity contribution in [2.45, 2.75) is 58.3 Å². The predicted octanol–water partition coefficient (Wildman–Crippen LogP) is 4.72. The van der Waals surface area contributed by atoms with E-state index in [1.165, 1.54) is 35.4 Å². The van der Waals surface area contributed by atoms with Gasteiger partial charge in [-0.2, -0.15) is 5.26 Å². The molecule has 0 atom stereocenters. The highest BCUT2D eigenvalue weighted by Gasteiger charge is 2.31. The third kappa shape index (κ3) is 3.10. The van der Waals surface area contributed by atoms with Crippen molar-refractivity contribution in [1.82, 2.24) is 0 Å². The second-order valence-corrected chi connectivity index (χ2v) is 6.46. The molecule has 1 aromatic heterocycles. The molecule has 2 rings (SSSR count). The lowest BCUT2D eigenvalue weighted by molar-refractivity contribution is 0.341. The summed E-state index contributed by atoms with van der Waals surface area (Å²) in [6.45, 7) is 2.20. The van der Waals surface area contributed by atoms with Gasteiger partial charge >= 0.3 is 0 Å². The van der Waals surface area contributed by atoms with Gasteiger partial charge in [-0.05, 0) is 31.4 Å². The predicted molar refractivity (Wildman–Crippen MR) is 73.1 cm³/mol. The van der Waals surface area contributed by atoms with Crippen molar-refractivity contribution in [3.8, 4) is 6.07 Å². The molecule has 0 unspecified atom stereocenters. The van der Waals surface area contributed by atoms with Crippen LogP contribution >= 0.6 is 11.3 Å². The third-order valence-corrected chi connectivity index (χ3v) is 5.11. The van der Waals surface area contributed by atoms with Crippen molar-refractivity contribution in [2.24, 2.45) is 5.41 Å². The minimum absolute atomic E-state index is 0.0631. The van der Waals surface area contributed by atoms with Crippen molar-refractivity contribution < 1.29 is 0 Å². The number of aryl methyl sites for hydroxylation is 1. The maximum atomic E-state index is 9.55. The van der Waals surface area contributed by atoms with Crippen LogP contribution in [-0.4, -0.2) is 0 Å². The Morgan fingerprint density at radius 3 is 2.35 bits per heavy atom. The van der Waals surface area contributed by atoms with E-state index in [-0.39, 0.29) is 5.41 Å². The first-order chi connectivity index (χ1) is 8.28. The van der Waals surface area contributed by atoms with Gasteiger partial charge in [0.2, 0.25) is 0 Å². The topological polar surface area (TPSA) is 23.8 Å². The summed E-state index contributed by atoms with van der Waals surface area (Å²) in [7, 11) is 0. The highest BCUT2D eigenvalue weighted by molar-refractivity contribution is 7.11. The van der Waals surface area contributed by atoms with Crippen LogP contribution in [0.4, 0.5) is 0 Å². The van der Waals surface area contributed by atoms with E-state index in [1.54, 1.807) is 0 Å². The molecule has 1 aliphatic carbocycles. The Bertz CT molecular complexity index is 391. The van der Waals surface area contributed by atoms with E-state index in [4.69, 9.17) is 0 Å². The Kier molecular flexibility index (Phi) is 4.23. The fourth-order valence-corrected chi connectivity index (χ4v) is 3.88. The summed E-state index contributed by atoms with van der Waals surface area (Å²) in [4.78, 5) is 2.85. The fraction of sp³-hybridized carbons (Fsp3) is 0.667. The van der Waals surface area contributed by atoms with E-state index in [0.29, 0.717) is 0 Å².